The monoisotopic (exact) mass is 287 g/mol. The fraction of sp³-hybridized carbons (Fsp3) is 0.375. The Morgan fingerprint density at radius 1 is 1.00 bits per heavy atom. The van der Waals surface area contributed by atoms with Gasteiger partial charge in [0.05, 0.1) is 0 Å². The molecule has 0 aliphatic heterocycles. The zero-order valence-electron chi connectivity index (χ0n) is 12.5. The summed E-state index contributed by atoms with van der Waals surface area (Å²) in [6.07, 6.45) is 0. The summed E-state index contributed by atoms with van der Waals surface area (Å²) in [5.41, 5.74) is 12.0. The molecular weight excluding hydrogens is 266 g/mol. The number of hydrogen-bond acceptors (Lipinski definition) is 4. The van der Waals surface area contributed by atoms with Crippen LogP contribution >= 0.6 is 11.8 Å². The lowest BCUT2D eigenvalue weighted by atomic mass is 10.0. The van der Waals surface area contributed by atoms with Crippen molar-refractivity contribution < 1.29 is 0 Å². The SMILES string of the molecule is Cc1cc(C)nc(SCC(N)c2ccc(C)c(C)c2)n1. The van der Waals surface area contributed by atoms with Crippen LogP contribution in [0.1, 0.15) is 34.1 Å². The Labute approximate surface area is 125 Å². The molecule has 0 saturated carbocycles. The topological polar surface area (TPSA) is 51.8 Å². The second-order valence-electron chi connectivity index (χ2n) is 5.19. The Morgan fingerprint density at radius 2 is 1.65 bits per heavy atom. The molecule has 1 aromatic heterocycles. The number of aryl methyl sites for hydroxylation is 4. The fourth-order valence-electron chi connectivity index (χ4n) is 2.01. The van der Waals surface area contributed by atoms with Gasteiger partial charge in [0.2, 0.25) is 0 Å². The molecule has 0 aliphatic rings. The van der Waals surface area contributed by atoms with Crippen LogP contribution in [0.4, 0.5) is 0 Å². The Bertz CT molecular complexity index is 590. The van der Waals surface area contributed by atoms with E-state index in [0.717, 1.165) is 22.3 Å². The van der Waals surface area contributed by atoms with E-state index < -0.39 is 0 Å². The van der Waals surface area contributed by atoms with Gasteiger partial charge in [0.25, 0.3) is 0 Å². The van der Waals surface area contributed by atoms with Crippen molar-refractivity contribution in [1.29, 1.82) is 0 Å². The maximum Gasteiger partial charge on any atom is 0.188 e. The predicted octanol–water partition coefficient (Wildman–Crippen LogP) is 3.50. The van der Waals surface area contributed by atoms with Gasteiger partial charge in [-0.15, -0.1) is 0 Å². The molecule has 1 unspecified atom stereocenters. The molecule has 2 N–H and O–H groups in total. The van der Waals surface area contributed by atoms with E-state index in [1.54, 1.807) is 11.8 Å². The lowest BCUT2D eigenvalue weighted by Gasteiger charge is -2.13. The number of nitrogens with zero attached hydrogens (tertiary/aromatic N) is 2. The molecule has 0 bridgehead atoms. The Morgan fingerprint density at radius 3 is 2.25 bits per heavy atom. The molecule has 20 heavy (non-hydrogen) atoms. The van der Waals surface area contributed by atoms with Crippen LogP contribution < -0.4 is 5.73 Å². The molecule has 0 amide bonds. The summed E-state index contributed by atoms with van der Waals surface area (Å²) in [6, 6.07) is 8.39. The molecule has 0 fully saturated rings. The lowest BCUT2D eigenvalue weighted by Crippen LogP contribution is -2.13. The molecule has 4 heteroatoms. The normalized spacial score (nSPS) is 12.4. The van der Waals surface area contributed by atoms with Crippen LogP contribution in [0, 0.1) is 27.7 Å². The summed E-state index contributed by atoms with van der Waals surface area (Å²) in [7, 11) is 0. The number of rotatable bonds is 4. The first-order valence-corrected chi connectivity index (χ1v) is 7.72. The van der Waals surface area contributed by atoms with Gasteiger partial charge in [-0.3, -0.25) is 0 Å². The summed E-state index contributed by atoms with van der Waals surface area (Å²) in [5, 5.41) is 0.807. The number of hydrogen-bond donors (Lipinski definition) is 1. The molecule has 2 rings (SSSR count). The highest BCUT2D eigenvalue weighted by atomic mass is 32.2. The molecule has 106 valence electrons. The van der Waals surface area contributed by atoms with Gasteiger partial charge in [0.15, 0.2) is 5.16 Å². The minimum atomic E-state index is 0.00344. The summed E-state index contributed by atoms with van der Waals surface area (Å²) in [6.45, 7) is 8.21. The van der Waals surface area contributed by atoms with E-state index in [2.05, 4.69) is 42.0 Å². The zero-order valence-corrected chi connectivity index (χ0v) is 13.3. The van der Waals surface area contributed by atoms with Gasteiger partial charge in [0, 0.05) is 23.2 Å². The second-order valence-corrected chi connectivity index (χ2v) is 6.18. The number of aromatic nitrogens is 2. The van der Waals surface area contributed by atoms with Crippen LogP contribution in [0.3, 0.4) is 0 Å². The van der Waals surface area contributed by atoms with Crippen molar-refractivity contribution in [2.45, 2.75) is 38.9 Å². The number of nitrogens with two attached hydrogens (primary N) is 1. The lowest BCUT2D eigenvalue weighted by molar-refractivity contribution is 0.821. The van der Waals surface area contributed by atoms with Crippen molar-refractivity contribution in [2.75, 3.05) is 5.75 Å². The van der Waals surface area contributed by atoms with Gasteiger partial charge in [-0.05, 0) is 50.5 Å². The third kappa shape index (κ3) is 3.81. The third-order valence-electron chi connectivity index (χ3n) is 3.31. The van der Waals surface area contributed by atoms with Gasteiger partial charge in [-0.1, -0.05) is 30.0 Å². The van der Waals surface area contributed by atoms with Crippen molar-refractivity contribution >= 4 is 11.8 Å². The van der Waals surface area contributed by atoms with Crippen LogP contribution in [-0.2, 0) is 0 Å². The number of benzene rings is 1. The average Bonchev–Trinajstić information content (AvgIpc) is 2.38. The first-order valence-electron chi connectivity index (χ1n) is 6.73. The molecule has 0 spiro atoms. The molecule has 0 aliphatic carbocycles. The van der Waals surface area contributed by atoms with E-state index >= 15 is 0 Å². The highest BCUT2D eigenvalue weighted by Crippen LogP contribution is 2.22. The molecule has 1 atom stereocenters. The Hall–Kier alpha value is -1.39. The van der Waals surface area contributed by atoms with Crippen molar-refractivity contribution in [3.05, 3.63) is 52.3 Å². The molecule has 1 aromatic carbocycles. The smallest absolute Gasteiger partial charge is 0.188 e. The number of thioether (sulfide) groups is 1. The van der Waals surface area contributed by atoms with Crippen LogP contribution in [-0.4, -0.2) is 15.7 Å². The Kier molecular flexibility index (Phi) is 4.78. The molecule has 0 radical (unpaired) electrons. The fourth-order valence-corrected chi connectivity index (χ4v) is 2.95. The van der Waals surface area contributed by atoms with E-state index in [0.29, 0.717) is 0 Å². The van der Waals surface area contributed by atoms with Gasteiger partial charge in [0.1, 0.15) is 0 Å². The van der Waals surface area contributed by atoms with Gasteiger partial charge >= 0.3 is 0 Å². The molecule has 2 aromatic rings. The molecule has 0 saturated heterocycles. The van der Waals surface area contributed by atoms with Crippen LogP contribution in [0.25, 0.3) is 0 Å². The summed E-state index contributed by atoms with van der Waals surface area (Å²) in [5.74, 6) is 0.783. The molecule has 1 heterocycles. The van der Waals surface area contributed by atoms with Gasteiger partial charge < -0.3 is 5.73 Å². The van der Waals surface area contributed by atoms with Crippen LogP contribution in [0.15, 0.2) is 29.4 Å². The van der Waals surface area contributed by atoms with E-state index in [4.69, 9.17) is 5.73 Å². The van der Waals surface area contributed by atoms with Crippen LogP contribution in [0.2, 0.25) is 0 Å². The van der Waals surface area contributed by atoms with Crippen molar-refractivity contribution in [1.82, 2.24) is 9.97 Å². The first kappa shape index (κ1) is 15.0. The standard InChI is InChI=1S/C16H21N3S/c1-10-5-6-14(7-11(10)2)15(17)9-20-16-18-12(3)8-13(4)19-16/h5-8,15H,9,17H2,1-4H3. The summed E-state index contributed by atoms with van der Waals surface area (Å²) < 4.78 is 0. The predicted molar refractivity (Wildman–Crippen MR) is 85.1 cm³/mol. The van der Waals surface area contributed by atoms with E-state index in [-0.39, 0.29) is 6.04 Å². The molecule has 3 nitrogen and oxygen atoms in total. The summed E-state index contributed by atoms with van der Waals surface area (Å²) in [4.78, 5) is 8.86. The van der Waals surface area contributed by atoms with E-state index in [9.17, 15) is 0 Å². The summed E-state index contributed by atoms with van der Waals surface area (Å²) >= 11 is 1.61. The van der Waals surface area contributed by atoms with Crippen molar-refractivity contribution in [2.24, 2.45) is 5.73 Å². The maximum absolute atomic E-state index is 6.26. The highest BCUT2D eigenvalue weighted by molar-refractivity contribution is 7.99. The van der Waals surface area contributed by atoms with Crippen molar-refractivity contribution in [3.8, 4) is 0 Å². The van der Waals surface area contributed by atoms with Crippen LogP contribution in [0.5, 0.6) is 0 Å². The largest absolute Gasteiger partial charge is 0.323 e. The Balaban J connectivity index is 2.04. The van der Waals surface area contributed by atoms with Gasteiger partial charge in [-0.2, -0.15) is 0 Å². The highest BCUT2D eigenvalue weighted by Gasteiger charge is 2.09. The second kappa shape index (κ2) is 6.37. The zero-order chi connectivity index (χ0) is 14.7. The quantitative estimate of drug-likeness (QED) is 0.690. The molecular formula is C16H21N3S. The third-order valence-corrected chi connectivity index (χ3v) is 4.28. The first-order chi connectivity index (χ1) is 9.45. The van der Waals surface area contributed by atoms with Gasteiger partial charge in [-0.25, -0.2) is 9.97 Å². The van der Waals surface area contributed by atoms with E-state index in [1.807, 2.05) is 19.9 Å². The minimum absolute atomic E-state index is 0.00344. The average molecular weight is 287 g/mol. The van der Waals surface area contributed by atoms with Crippen molar-refractivity contribution in [3.63, 3.8) is 0 Å². The maximum atomic E-state index is 6.26. The minimum Gasteiger partial charge on any atom is -0.323 e. The van der Waals surface area contributed by atoms with E-state index in [1.165, 1.54) is 16.7 Å².